The van der Waals surface area contributed by atoms with E-state index in [1.807, 2.05) is 4.90 Å². The lowest BCUT2D eigenvalue weighted by Crippen LogP contribution is -2.49. The minimum absolute atomic E-state index is 0.0121. The Bertz CT molecular complexity index is 726. The molecule has 26 heavy (non-hydrogen) atoms. The summed E-state index contributed by atoms with van der Waals surface area (Å²) in [5.74, 6) is 1.23. The number of carbonyl (C=O) groups excluding carboxylic acids is 1. The first-order valence-electron chi connectivity index (χ1n) is 8.81. The van der Waals surface area contributed by atoms with Gasteiger partial charge >= 0.3 is 0 Å². The Hall–Kier alpha value is -2.74. The molecule has 8 heteroatoms. The van der Waals surface area contributed by atoms with Gasteiger partial charge in [-0.15, -0.1) is 0 Å². The van der Waals surface area contributed by atoms with Crippen LogP contribution in [0.25, 0.3) is 0 Å². The average molecular weight is 355 g/mol. The molecule has 8 nitrogen and oxygen atoms in total. The van der Waals surface area contributed by atoms with Gasteiger partial charge in [-0.1, -0.05) is 0 Å². The molecule has 2 aliphatic rings. The highest BCUT2D eigenvalue weighted by Gasteiger charge is 2.24. The van der Waals surface area contributed by atoms with Crippen LogP contribution in [0.4, 0.5) is 5.95 Å². The van der Waals surface area contributed by atoms with Crippen LogP contribution >= 0.6 is 0 Å². The Labute approximate surface area is 151 Å². The van der Waals surface area contributed by atoms with Gasteiger partial charge in [-0.05, 0) is 12.1 Å². The lowest BCUT2D eigenvalue weighted by Gasteiger charge is -2.34. The number of rotatable bonds is 4. The smallest absolute Gasteiger partial charge is 0.255 e. The van der Waals surface area contributed by atoms with E-state index in [4.69, 9.17) is 9.47 Å². The van der Waals surface area contributed by atoms with Gasteiger partial charge in [-0.25, -0.2) is 15.0 Å². The molecule has 0 N–H and O–H groups in total. The van der Waals surface area contributed by atoms with Gasteiger partial charge in [-0.2, -0.15) is 0 Å². The molecule has 4 heterocycles. The fraction of sp³-hybridized carbons (Fsp3) is 0.444. The number of hydrogen-bond donors (Lipinski definition) is 0. The van der Waals surface area contributed by atoms with Gasteiger partial charge in [0.1, 0.15) is 6.10 Å². The molecule has 2 saturated heterocycles. The third-order valence-electron chi connectivity index (χ3n) is 4.56. The maximum absolute atomic E-state index is 12.7. The number of amides is 1. The highest BCUT2D eigenvalue weighted by Crippen LogP contribution is 2.17. The molecule has 0 spiro atoms. The second-order valence-electron chi connectivity index (χ2n) is 6.32. The van der Waals surface area contributed by atoms with Gasteiger partial charge in [0.05, 0.1) is 18.8 Å². The zero-order valence-corrected chi connectivity index (χ0v) is 14.5. The molecular formula is C18H21N5O3. The number of hydrogen-bond acceptors (Lipinski definition) is 7. The predicted molar refractivity (Wildman–Crippen MR) is 94.2 cm³/mol. The van der Waals surface area contributed by atoms with Crippen molar-refractivity contribution in [2.24, 2.45) is 0 Å². The second kappa shape index (κ2) is 7.65. The van der Waals surface area contributed by atoms with E-state index in [1.165, 1.54) is 0 Å². The summed E-state index contributed by atoms with van der Waals surface area (Å²) in [6.07, 6.45) is 5.97. The van der Waals surface area contributed by atoms with E-state index in [9.17, 15) is 4.79 Å². The summed E-state index contributed by atoms with van der Waals surface area (Å²) >= 11 is 0. The molecule has 1 atom stereocenters. The Morgan fingerprint density at radius 2 is 1.92 bits per heavy atom. The van der Waals surface area contributed by atoms with Crippen molar-refractivity contribution < 1.29 is 14.3 Å². The lowest BCUT2D eigenvalue weighted by molar-refractivity contribution is 0.0745. The highest BCUT2D eigenvalue weighted by molar-refractivity contribution is 5.94. The third kappa shape index (κ3) is 3.75. The van der Waals surface area contributed by atoms with Crippen LogP contribution in [0.5, 0.6) is 5.88 Å². The molecule has 0 saturated carbocycles. The minimum atomic E-state index is -0.0121. The molecule has 2 aromatic heterocycles. The topological polar surface area (TPSA) is 80.7 Å². The maximum atomic E-state index is 12.7. The zero-order chi connectivity index (χ0) is 17.8. The molecular weight excluding hydrogens is 334 g/mol. The summed E-state index contributed by atoms with van der Waals surface area (Å²) in [6, 6.07) is 5.32. The number of piperazine rings is 1. The van der Waals surface area contributed by atoms with Crippen molar-refractivity contribution in [2.75, 3.05) is 44.3 Å². The number of ether oxygens (including phenoxy) is 2. The number of pyridine rings is 1. The van der Waals surface area contributed by atoms with Gasteiger partial charge in [-0.3, -0.25) is 4.79 Å². The van der Waals surface area contributed by atoms with Gasteiger partial charge in [0.25, 0.3) is 5.91 Å². The fourth-order valence-electron chi connectivity index (χ4n) is 3.10. The second-order valence-corrected chi connectivity index (χ2v) is 6.32. The minimum Gasteiger partial charge on any atom is -0.472 e. The Kier molecular flexibility index (Phi) is 4.92. The van der Waals surface area contributed by atoms with Gasteiger partial charge in [0.15, 0.2) is 0 Å². The van der Waals surface area contributed by atoms with Crippen molar-refractivity contribution in [3.05, 3.63) is 42.4 Å². The molecule has 2 aliphatic heterocycles. The first-order valence-corrected chi connectivity index (χ1v) is 8.81. The van der Waals surface area contributed by atoms with Crippen molar-refractivity contribution in [2.45, 2.75) is 12.5 Å². The van der Waals surface area contributed by atoms with Crippen molar-refractivity contribution in [1.29, 1.82) is 0 Å². The monoisotopic (exact) mass is 355 g/mol. The summed E-state index contributed by atoms with van der Waals surface area (Å²) in [7, 11) is 0. The van der Waals surface area contributed by atoms with Crippen molar-refractivity contribution in [1.82, 2.24) is 19.9 Å². The third-order valence-corrected chi connectivity index (χ3v) is 4.56. The molecule has 0 aliphatic carbocycles. The fourth-order valence-corrected chi connectivity index (χ4v) is 3.10. The number of nitrogens with zero attached hydrogens (tertiary/aromatic N) is 5. The van der Waals surface area contributed by atoms with Crippen LogP contribution in [-0.4, -0.2) is 71.3 Å². The molecule has 0 bridgehead atoms. The van der Waals surface area contributed by atoms with E-state index in [1.54, 1.807) is 36.8 Å². The Morgan fingerprint density at radius 1 is 1.12 bits per heavy atom. The zero-order valence-electron chi connectivity index (χ0n) is 14.5. The predicted octanol–water partition coefficient (Wildman–Crippen LogP) is 1.00. The normalized spacial score (nSPS) is 20.2. The highest BCUT2D eigenvalue weighted by atomic mass is 16.5. The first-order chi connectivity index (χ1) is 12.8. The molecule has 1 unspecified atom stereocenters. The first kappa shape index (κ1) is 16.7. The summed E-state index contributed by atoms with van der Waals surface area (Å²) in [5, 5.41) is 0. The van der Waals surface area contributed by atoms with E-state index in [0.717, 1.165) is 13.0 Å². The van der Waals surface area contributed by atoms with E-state index in [-0.39, 0.29) is 12.0 Å². The number of anilines is 1. The van der Waals surface area contributed by atoms with Crippen LogP contribution < -0.4 is 9.64 Å². The van der Waals surface area contributed by atoms with E-state index < -0.39 is 0 Å². The molecule has 2 fully saturated rings. The van der Waals surface area contributed by atoms with Crippen molar-refractivity contribution >= 4 is 11.9 Å². The standard InChI is InChI=1S/C18H21N5O3/c24-17(14-2-3-16(21-12-14)26-15-4-11-25-13-15)22-7-9-23(10-8-22)18-19-5-1-6-20-18/h1-3,5-6,12,15H,4,7-11,13H2. The molecule has 0 radical (unpaired) electrons. The summed E-state index contributed by atoms with van der Waals surface area (Å²) < 4.78 is 11.0. The van der Waals surface area contributed by atoms with Gasteiger partial charge in [0.2, 0.25) is 11.8 Å². The van der Waals surface area contributed by atoms with Crippen LogP contribution in [0, 0.1) is 0 Å². The summed E-state index contributed by atoms with van der Waals surface area (Å²) in [5.41, 5.74) is 0.574. The lowest BCUT2D eigenvalue weighted by atomic mass is 10.2. The van der Waals surface area contributed by atoms with E-state index in [0.29, 0.717) is 50.2 Å². The van der Waals surface area contributed by atoms with Crippen molar-refractivity contribution in [3.63, 3.8) is 0 Å². The van der Waals surface area contributed by atoms with Gasteiger partial charge < -0.3 is 19.3 Å². The van der Waals surface area contributed by atoms with Crippen LogP contribution in [0.15, 0.2) is 36.8 Å². The molecule has 2 aromatic rings. The van der Waals surface area contributed by atoms with Crippen LogP contribution in [0.2, 0.25) is 0 Å². The van der Waals surface area contributed by atoms with Crippen molar-refractivity contribution in [3.8, 4) is 5.88 Å². The Balaban J connectivity index is 1.33. The average Bonchev–Trinajstić information content (AvgIpc) is 3.22. The quantitative estimate of drug-likeness (QED) is 0.809. The summed E-state index contributed by atoms with van der Waals surface area (Å²) in [6.45, 7) is 4.01. The van der Waals surface area contributed by atoms with Gasteiger partial charge in [0, 0.05) is 57.3 Å². The summed E-state index contributed by atoms with van der Waals surface area (Å²) in [4.78, 5) is 29.4. The number of aromatic nitrogens is 3. The van der Waals surface area contributed by atoms with E-state index >= 15 is 0 Å². The molecule has 4 rings (SSSR count). The SMILES string of the molecule is O=C(c1ccc(OC2CCOC2)nc1)N1CCN(c2ncccn2)CC1. The largest absolute Gasteiger partial charge is 0.472 e. The van der Waals surface area contributed by atoms with Crippen LogP contribution in [-0.2, 0) is 4.74 Å². The maximum Gasteiger partial charge on any atom is 0.255 e. The number of carbonyl (C=O) groups is 1. The van der Waals surface area contributed by atoms with Crippen LogP contribution in [0.1, 0.15) is 16.8 Å². The molecule has 0 aromatic carbocycles. The van der Waals surface area contributed by atoms with Crippen LogP contribution in [0.3, 0.4) is 0 Å². The van der Waals surface area contributed by atoms with E-state index in [2.05, 4.69) is 19.9 Å². The molecule has 1 amide bonds. The Morgan fingerprint density at radius 3 is 2.58 bits per heavy atom. The molecule has 136 valence electrons.